The van der Waals surface area contributed by atoms with E-state index in [4.69, 9.17) is 9.72 Å². The number of pyridine rings is 1. The number of nitrogens with zero attached hydrogens (tertiary/aromatic N) is 2. The van der Waals surface area contributed by atoms with Crippen LogP contribution in [0.15, 0.2) is 84.9 Å². The maximum atomic E-state index is 13.7. The Morgan fingerprint density at radius 2 is 1.64 bits per heavy atom. The summed E-state index contributed by atoms with van der Waals surface area (Å²) in [4.78, 5) is 20.5. The van der Waals surface area contributed by atoms with E-state index in [9.17, 15) is 4.79 Å². The molecule has 1 aliphatic heterocycles. The number of methoxy groups -OCH3 is 1. The van der Waals surface area contributed by atoms with E-state index < -0.39 is 0 Å². The number of amides is 1. The Bertz CT molecular complexity index is 1260. The van der Waals surface area contributed by atoms with Crippen LogP contribution in [0, 0.1) is 5.92 Å². The molecular formula is C29H28N2O2. The summed E-state index contributed by atoms with van der Waals surface area (Å²) >= 11 is 0. The van der Waals surface area contributed by atoms with Crippen LogP contribution >= 0.6 is 0 Å². The molecule has 4 aromatic rings. The van der Waals surface area contributed by atoms with Crippen molar-refractivity contribution in [3.63, 3.8) is 0 Å². The molecule has 0 aliphatic carbocycles. The fraction of sp³-hybridized carbons (Fsp3) is 0.241. The van der Waals surface area contributed by atoms with Gasteiger partial charge in [0.1, 0.15) is 5.75 Å². The molecule has 4 heteroatoms. The lowest BCUT2D eigenvalue weighted by atomic mass is 9.90. The van der Waals surface area contributed by atoms with Gasteiger partial charge in [0.15, 0.2) is 0 Å². The Morgan fingerprint density at radius 1 is 0.939 bits per heavy atom. The van der Waals surface area contributed by atoms with Crippen LogP contribution in [-0.4, -0.2) is 36.0 Å². The van der Waals surface area contributed by atoms with Crippen LogP contribution in [0.4, 0.5) is 0 Å². The normalized spacial score (nSPS) is 14.4. The number of benzene rings is 3. The van der Waals surface area contributed by atoms with E-state index in [1.807, 2.05) is 59.5 Å². The van der Waals surface area contributed by atoms with Gasteiger partial charge >= 0.3 is 0 Å². The average Bonchev–Trinajstić information content (AvgIpc) is 2.88. The van der Waals surface area contributed by atoms with Crippen molar-refractivity contribution in [2.45, 2.75) is 19.3 Å². The van der Waals surface area contributed by atoms with Crippen molar-refractivity contribution in [3.8, 4) is 17.0 Å². The standard InChI is InChI=1S/C29H28N2O2/c1-33-28-14-8-6-12-24(28)27-20-25(23-11-5-7-13-26(23)30-27)29(32)31-17-15-22(16-18-31)19-21-9-3-2-4-10-21/h2-14,20,22H,15-19H2,1H3. The van der Waals surface area contributed by atoms with E-state index in [2.05, 4.69) is 30.3 Å². The zero-order chi connectivity index (χ0) is 22.6. The van der Waals surface area contributed by atoms with Crippen molar-refractivity contribution in [2.75, 3.05) is 20.2 Å². The molecule has 1 saturated heterocycles. The zero-order valence-corrected chi connectivity index (χ0v) is 18.9. The third-order valence-corrected chi connectivity index (χ3v) is 6.60. The molecule has 0 atom stereocenters. The summed E-state index contributed by atoms with van der Waals surface area (Å²) in [6.07, 6.45) is 3.14. The topological polar surface area (TPSA) is 42.4 Å². The van der Waals surface area contributed by atoms with E-state index in [0.717, 1.165) is 60.3 Å². The minimum Gasteiger partial charge on any atom is -0.496 e. The van der Waals surface area contributed by atoms with Crippen molar-refractivity contribution in [1.29, 1.82) is 0 Å². The smallest absolute Gasteiger partial charge is 0.254 e. The quantitative estimate of drug-likeness (QED) is 0.385. The van der Waals surface area contributed by atoms with E-state index in [1.54, 1.807) is 7.11 Å². The van der Waals surface area contributed by atoms with E-state index >= 15 is 0 Å². The predicted molar refractivity (Wildman–Crippen MR) is 133 cm³/mol. The monoisotopic (exact) mass is 436 g/mol. The lowest BCUT2D eigenvalue weighted by Crippen LogP contribution is -2.39. The Hall–Kier alpha value is -3.66. The number of hydrogen-bond acceptors (Lipinski definition) is 3. The van der Waals surface area contributed by atoms with Crippen LogP contribution < -0.4 is 4.74 Å². The molecule has 33 heavy (non-hydrogen) atoms. The van der Waals surface area contributed by atoms with Gasteiger partial charge in [-0.2, -0.15) is 0 Å². The number of piperidine rings is 1. The molecule has 0 bridgehead atoms. The summed E-state index contributed by atoms with van der Waals surface area (Å²) in [6.45, 7) is 1.58. The fourth-order valence-electron chi connectivity index (χ4n) is 4.80. The molecule has 3 aromatic carbocycles. The first kappa shape index (κ1) is 21.2. The molecular weight excluding hydrogens is 408 g/mol. The van der Waals surface area contributed by atoms with E-state index in [1.165, 1.54) is 5.56 Å². The van der Waals surface area contributed by atoms with Gasteiger partial charge in [-0.3, -0.25) is 4.79 Å². The van der Waals surface area contributed by atoms with Gasteiger partial charge in [0.05, 0.1) is 23.9 Å². The molecule has 1 amide bonds. The lowest BCUT2D eigenvalue weighted by molar-refractivity contribution is 0.0692. The van der Waals surface area contributed by atoms with Crippen molar-refractivity contribution in [2.24, 2.45) is 5.92 Å². The molecule has 166 valence electrons. The fourth-order valence-corrected chi connectivity index (χ4v) is 4.80. The first-order chi connectivity index (χ1) is 16.2. The second-order valence-corrected chi connectivity index (χ2v) is 8.70. The van der Waals surface area contributed by atoms with Gasteiger partial charge in [0, 0.05) is 24.0 Å². The van der Waals surface area contributed by atoms with Crippen molar-refractivity contribution >= 4 is 16.8 Å². The third-order valence-electron chi connectivity index (χ3n) is 6.60. The first-order valence-corrected chi connectivity index (χ1v) is 11.6. The predicted octanol–water partition coefficient (Wildman–Crippen LogP) is 6.01. The van der Waals surface area contributed by atoms with Crippen LogP contribution in [-0.2, 0) is 6.42 Å². The van der Waals surface area contributed by atoms with Gasteiger partial charge in [-0.05, 0) is 55.0 Å². The summed E-state index contributed by atoms with van der Waals surface area (Å²) in [5.41, 5.74) is 4.56. The SMILES string of the molecule is COc1ccccc1-c1cc(C(=O)N2CCC(Cc3ccccc3)CC2)c2ccccc2n1. The van der Waals surface area contributed by atoms with Gasteiger partial charge in [0.25, 0.3) is 5.91 Å². The van der Waals surface area contributed by atoms with Gasteiger partial charge in [-0.1, -0.05) is 60.7 Å². The molecule has 0 N–H and O–H groups in total. The average molecular weight is 437 g/mol. The van der Waals surface area contributed by atoms with Gasteiger partial charge in [-0.25, -0.2) is 4.98 Å². The number of aromatic nitrogens is 1. The number of likely N-dealkylation sites (tertiary alicyclic amines) is 1. The molecule has 4 nitrogen and oxygen atoms in total. The number of hydrogen-bond donors (Lipinski definition) is 0. The molecule has 0 spiro atoms. The minimum absolute atomic E-state index is 0.0860. The number of carbonyl (C=O) groups is 1. The lowest BCUT2D eigenvalue weighted by Gasteiger charge is -2.32. The van der Waals surface area contributed by atoms with Gasteiger partial charge in [0.2, 0.25) is 0 Å². The molecule has 1 aromatic heterocycles. The second kappa shape index (κ2) is 9.45. The zero-order valence-electron chi connectivity index (χ0n) is 18.9. The Kier molecular flexibility index (Phi) is 6.07. The van der Waals surface area contributed by atoms with Crippen molar-refractivity contribution in [3.05, 3.63) is 96.1 Å². The first-order valence-electron chi connectivity index (χ1n) is 11.6. The molecule has 0 unspecified atom stereocenters. The number of carbonyl (C=O) groups excluding carboxylic acids is 1. The second-order valence-electron chi connectivity index (χ2n) is 8.70. The van der Waals surface area contributed by atoms with Crippen molar-refractivity contribution < 1.29 is 9.53 Å². The van der Waals surface area contributed by atoms with E-state index in [-0.39, 0.29) is 5.91 Å². The molecule has 1 fully saturated rings. The number of fused-ring (bicyclic) bond motifs is 1. The third kappa shape index (κ3) is 4.47. The summed E-state index contributed by atoms with van der Waals surface area (Å²) in [5.74, 6) is 1.46. The Labute approximate surface area is 194 Å². The molecule has 5 rings (SSSR count). The van der Waals surface area contributed by atoms with Crippen molar-refractivity contribution in [1.82, 2.24) is 9.88 Å². The number of ether oxygens (including phenoxy) is 1. The summed E-state index contributed by atoms with van der Waals surface area (Å²) in [6, 6.07) is 28.3. The van der Waals surface area contributed by atoms with Gasteiger partial charge < -0.3 is 9.64 Å². The highest BCUT2D eigenvalue weighted by atomic mass is 16.5. The Morgan fingerprint density at radius 3 is 2.42 bits per heavy atom. The minimum atomic E-state index is 0.0860. The maximum absolute atomic E-state index is 13.7. The van der Waals surface area contributed by atoms with Crippen LogP contribution in [0.1, 0.15) is 28.8 Å². The number of rotatable bonds is 5. The molecule has 0 saturated carbocycles. The Balaban J connectivity index is 1.41. The van der Waals surface area contributed by atoms with E-state index in [0.29, 0.717) is 11.5 Å². The van der Waals surface area contributed by atoms with Crippen LogP contribution in [0.25, 0.3) is 22.2 Å². The molecule has 2 heterocycles. The number of para-hydroxylation sites is 2. The summed E-state index contributed by atoms with van der Waals surface area (Å²) in [5, 5.41) is 0.896. The maximum Gasteiger partial charge on any atom is 0.254 e. The largest absolute Gasteiger partial charge is 0.496 e. The summed E-state index contributed by atoms with van der Waals surface area (Å²) in [7, 11) is 1.66. The highest BCUT2D eigenvalue weighted by Crippen LogP contribution is 2.32. The summed E-state index contributed by atoms with van der Waals surface area (Å²) < 4.78 is 5.55. The van der Waals surface area contributed by atoms with Crippen LogP contribution in [0.3, 0.4) is 0 Å². The molecule has 1 aliphatic rings. The van der Waals surface area contributed by atoms with Gasteiger partial charge in [-0.15, -0.1) is 0 Å². The molecule has 0 radical (unpaired) electrons. The van der Waals surface area contributed by atoms with Crippen LogP contribution in [0.5, 0.6) is 5.75 Å². The highest BCUT2D eigenvalue weighted by Gasteiger charge is 2.26. The highest BCUT2D eigenvalue weighted by molar-refractivity contribution is 6.07. The van der Waals surface area contributed by atoms with Crippen LogP contribution in [0.2, 0.25) is 0 Å².